The highest BCUT2D eigenvalue weighted by Crippen LogP contribution is 2.43. The lowest BCUT2D eigenvalue weighted by Crippen LogP contribution is -2.09. The van der Waals surface area contributed by atoms with Crippen LogP contribution in [0.3, 0.4) is 0 Å². The van der Waals surface area contributed by atoms with E-state index in [2.05, 4.69) is 271 Å². The van der Waals surface area contributed by atoms with Gasteiger partial charge in [0.1, 0.15) is 11.6 Å². The molecule has 11 aromatic rings. The van der Waals surface area contributed by atoms with Crippen molar-refractivity contribution in [2.75, 3.05) is 0 Å². The van der Waals surface area contributed by atoms with Crippen LogP contribution in [-0.4, -0.2) is 24.1 Å². The number of aromatic nitrogens is 5. The van der Waals surface area contributed by atoms with Crippen LogP contribution < -0.4 is 0 Å². The van der Waals surface area contributed by atoms with Crippen molar-refractivity contribution in [2.45, 2.75) is 12.8 Å². The first-order chi connectivity index (χ1) is 34.2. The third kappa shape index (κ3) is 7.80. The van der Waals surface area contributed by atoms with E-state index in [0.717, 1.165) is 107 Å². The molecule has 0 spiro atoms. The summed E-state index contributed by atoms with van der Waals surface area (Å²) in [5, 5.41) is 2.23. The molecule has 0 aliphatic heterocycles. The molecule has 328 valence electrons. The largest absolute Gasteiger partial charge is 0.292 e. The van der Waals surface area contributed by atoms with Crippen molar-refractivity contribution in [3.63, 3.8) is 0 Å². The molecule has 2 atom stereocenters. The second-order valence-corrected chi connectivity index (χ2v) is 17.6. The van der Waals surface area contributed by atoms with Crippen molar-refractivity contribution in [1.82, 2.24) is 24.1 Å². The molecule has 12 rings (SSSR count). The van der Waals surface area contributed by atoms with Gasteiger partial charge in [0.25, 0.3) is 0 Å². The maximum atomic E-state index is 5.51. The number of rotatable bonds is 10. The Kier molecular flexibility index (Phi) is 10.9. The average Bonchev–Trinajstić information content (AvgIpc) is 4.03. The second kappa shape index (κ2) is 18.0. The molecule has 2 unspecified atom stereocenters. The number of nitrogens with zero attached hydrogens (tertiary/aromatic N) is 5. The lowest BCUT2D eigenvalue weighted by atomic mass is 9.85. The van der Waals surface area contributed by atoms with Gasteiger partial charge in [-0.15, -0.1) is 0 Å². The van der Waals surface area contributed by atoms with E-state index in [1.165, 1.54) is 0 Å². The summed E-state index contributed by atoms with van der Waals surface area (Å²) in [6.07, 6.45) is 8.87. The Morgan fingerprint density at radius 1 is 0.362 bits per heavy atom. The van der Waals surface area contributed by atoms with Crippen LogP contribution >= 0.6 is 0 Å². The van der Waals surface area contributed by atoms with E-state index < -0.39 is 0 Å². The van der Waals surface area contributed by atoms with Gasteiger partial charge < -0.3 is 0 Å². The van der Waals surface area contributed by atoms with E-state index >= 15 is 0 Å². The maximum Gasteiger partial charge on any atom is 0.145 e. The second-order valence-electron chi connectivity index (χ2n) is 17.6. The predicted molar refractivity (Wildman–Crippen MR) is 284 cm³/mol. The third-order valence-electron chi connectivity index (χ3n) is 13.3. The highest BCUT2D eigenvalue weighted by molar-refractivity contribution is 5.97. The van der Waals surface area contributed by atoms with Crippen LogP contribution in [0.15, 0.2) is 255 Å². The SMILES string of the molecule is CC1C=CC=CC1c1nc(-c2ccccc2)n(-c2ccc(-c3cc4ccccc4c(-c4ccc(-n5c(-c6ccccc6)nc(-c6ccccc6)c5-c5ccccc5)cc4)n3)cc2)c1-c1ccccc1. The lowest BCUT2D eigenvalue weighted by Gasteiger charge is -2.21. The number of allylic oxidation sites excluding steroid dienone is 4. The summed E-state index contributed by atoms with van der Waals surface area (Å²) in [6, 6.07) is 81.2. The van der Waals surface area contributed by atoms with Gasteiger partial charge in [0.05, 0.1) is 34.2 Å². The van der Waals surface area contributed by atoms with E-state index in [9.17, 15) is 0 Å². The zero-order chi connectivity index (χ0) is 46.1. The van der Waals surface area contributed by atoms with E-state index in [0.29, 0.717) is 5.92 Å². The van der Waals surface area contributed by atoms with Crippen LogP contribution in [0.5, 0.6) is 0 Å². The molecule has 1 aliphatic carbocycles. The first-order valence-electron chi connectivity index (χ1n) is 23.7. The molecule has 0 N–H and O–H groups in total. The third-order valence-corrected chi connectivity index (χ3v) is 13.3. The average molecular weight is 886 g/mol. The normalized spacial score (nSPS) is 14.3. The monoisotopic (exact) mass is 885 g/mol. The molecule has 1 aliphatic rings. The molecule has 3 heterocycles. The molecule has 5 heteroatoms. The van der Waals surface area contributed by atoms with Crippen molar-refractivity contribution in [3.05, 3.63) is 261 Å². The minimum Gasteiger partial charge on any atom is -0.292 e. The van der Waals surface area contributed by atoms with Gasteiger partial charge in [-0.2, -0.15) is 0 Å². The number of hydrogen-bond donors (Lipinski definition) is 0. The molecule has 69 heavy (non-hydrogen) atoms. The summed E-state index contributed by atoms with van der Waals surface area (Å²) >= 11 is 0. The molecule has 3 aromatic heterocycles. The van der Waals surface area contributed by atoms with Crippen molar-refractivity contribution in [1.29, 1.82) is 0 Å². The summed E-state index contributed by atoms with van der Waals surface area (Å²) in [5.41, 5.74) is 15.5. The molecule has 0 bridgehead atoms. The number of benzene rings is 8. The Morgan fingerprint density at radius 2 is 0.812 bits per heavy atom. The van der Waals surface area contributed by atoms with E-state index in [-0.39, 0.29) is 5.92 Å². The number of fused-ring (bicyclic) bond motifs is 1. The van der Waals surface area contributed by atoms with Crippen LogP contribution in [0.4, 0.5) is 0 Å². The molecule has 0 saturated carbocycles. The minimum atomic E-state index is 0.131. The summed E-state index contributed by atoms with van der Waals surface area (Å²) in [5.74, 6) is 2.23. The van der Waals surface area contributed by atoms with Crippen molar-refractivity contribution in [3.8, 4) is 90.4 Å². The van der Waals surface area contributed by atoms with Crippen LogP contribution in [0.2, 0.25) is 0 Å². The van der Waals surface area contributed by atoms with Gasteiger partial charge in [-0.3, -0.25) is 9.13 Å². The first kappa shape index (κ1) is 41.5. The van der Waals surface area contributed by atoms with E-state index in [1.807, 2.05) is 0 Å². The zero-order valence-corrected chi connectivity index (χ0v) is 38.1. The molecule has 8 aromatic carbocycles. The number of pyridine rings is 1. The Labute approximate surface area is 402 Å². The Bertz CT molecular complexity index is 3630. The van der Waals surface area contributed by atoms with Crippen LogP contribution in [0.1, 0.15) is 18.5 Å². The smallest absolute Gasteiger partial charge is 0.145 e. The van der Waals surface area contributed by atoms with Gasteiger partial charge in [0, 0.05) is 61.6 Å². The highest BCUT2D eigenvalue weighted by Gasteiger charge is 2.29. The fraction of sp³-hybridized carbons (Fsp3) is 0.0469. The topological polar surface area (TPSA) is 48.5 Å². The van der Waals surface area contributed by atoms with Crippen molar-refractivity contribution < 1.29 is 0 Å². The zero-order valence-electron chi connectivity index (χ0n) is 38.1. The molecule has 0 saturated heterocycles. The molecular formula is C64H47N5. The minimum absolute atomic E-state index is 0.131. The van der Waals surface area contributed by atoms with Crippen LogP contribution in [0.25, 0.3) is 101 Å². The van der Waals surface area contributed by atoms with Crippen molar-refractivity contribution in [2.24, 2.45) is 5.92 Å². The van der Waals surface area contributed by atoms with Gasteiger partial charge >= 0.3 is 0 Å². The molecule has 0 fully saturated rings. The lowest BCUT2D eigenvalue weighted by molar-refractivity contribution is 0.624. The van der Waals surface area contributed by atoms with Crippen LogP contribution in [-0.2, 0) is 0 Å². The predicted octanol–water partition coefficient (Wildman–Crippen LogP) is 16.1. The number of hydrogen-bond acceptors (Lipinski definition) is 3. The fourth-order valence-electron chi connectivity index (χ4n) is 9.86. The van der Waals surface area contributed by atoms with Gasteiger partial charge in [-0.1, -0.05) is 231 Å². The highest BCUT2D eigenvalue weighted by atomic mass is 15.1. The fourth-order valence-corrected chi connectivity index (χ4v) is 9.86. The summed E-state index contributed by atoms with van der Waals surface area (Å²) in [6.45, 7) is 2.28. The standard InChI is InChI=1S/C64H47N5/c1-44-21-17-19-33-55(44)60-62(49-26-11-4-12-27-49)69(64(67-60)51-30-15-6-16-31-51)53-39-35-45(36-40-53)57-43-52-32-18-20-34-56(52)58(65-57)47-37-41-54(42-38-47)68-61(48-24-9-3-10-25-48)59(46-22-7-2-8-23-46)66-63(68)50-28-13-5-14-29-50/h2-44,55H,1H3. The Hall–Kier alpha value is -8.93. The van der Waals surface area contributed by atoms with Gasteiger partial charge in [-0.25, -0.2) is 15.0 Å². The molecule has 5 nitrogen and oxygen atoms in total. The molecule has 0 radical (unpaired) electrons. The maximum absolute atomic E-state index is 5.51. The molecular weight excluding hydrogens is 839 g/mol. The van der Waals surface area contributed by atoms with E-state index in [1.54, 1.807) is 0 Å². The summed E-state index contributed by atoms with van der Waals surface area (Å²) < 4.78 is 4.65. The van der Waals surface area contributed by atoms with Crippen molar-refractivity contribution >= 4 is 10.8 Å². The molecule has 0 amide bonds. The Morgan fingerprint density at radius 3 is 1.39 bits per heavy atom. The van der Waals surface area contributed by atoms with Gasteiger partial charge in [0.15, 0.2) is 0 Å². The summed E-state index contributed by atoms with van der Waals surface area (Å²) in [7, 11) is 0. The van der Waals surface area contributed by atoms with Gasteiger partial charge in [0.2, 0.25) is 0 Å². The van der Waals surface area contributed by atoms with Gasteiger partial charge in [-0.05, 0) is 41.6 Å². The van der Waals surface area contributed by atoms with Crippen LogP contribution in [0, 0.1) is 5.92 Å². The van der Waals surface area contributed by atoms with E-state index in [4.69, 9.17) is 15.0 Å². The Balaban J connectivity index is 0.971. The number of imidazole rings is 2. The first-order valence-corrected chi connectivity index (χ1v) is 23.7. The summed E-state index contributed by atoms with van der Waals surface area (Å²) in [4.78, 5) is 16.4. The quantitative estimate of drug-likeness (QED) is 0.137.